The fourth-order valence-corrected chi connectivity index (χ4v) is 4.97. The lowest BCUT2D eigenvalue weighted by molar-refractivity contribution is 0.246. The van der Waals surface area contributed by atoms with Crippen LogP contribution in [0.5, 0.6) is 0 Å². The molecule has 0 atom stereocenters. The van der Waals surface area contributed by atoms with Gasteiger partial charge in [0.1, 0.15) is 11.4 Å². The van der Waals surface area contributed by atoms with Crippen molar-refractivity contribution < 1.29 is 4.42 Å². The van der Waals surface area contributed by atoms with Crippen LogP contribution in [-0.4, -0.2) is 46.9 Å². The molecule has 3 aromatic heterocycles. The smallest absolute Gasteiger partial charge is 0.114 e. The molecule has 7 heteroatoms. The van der Waals surface area contributed by atoms with Gasteiger partial charge in [0, 0.05) is 34.8 Å². The van der Waals surface area contributed by atoms with Crippen LogP contribution in [-0.2, 0) is 0 Å². The van der Waals surface area contributed by atoms with Crippen LogP contribution in [0.3, 0.4) is 0 Å². The van der Waals surface area contributed by atoms with Gasteiger partial charge in [-0.3, -0.25) is 15.3 Å². The number of nitrogens with zero attached hydrogens (tertiary/aromatic N) is 3. The summed E-state index contributed by atoms with van der Waals surface area (Å²) in [6.07, 6.45) is 11.0. The average Bonchev–Trinajstić information content (AvgIpc) is 3.59. The number of nitrogens with two attached hydrogens (primary N) is 1. The number of furan rings is 1. The van der Waals surface area contributed by atoms with Gasteiger partial charge in [0.15, 0.2) is 0 Å². The van der Waals surface area contributed by atoms with E-state index in [9.17, 15) is 0 Å². The molecule has 1 aromatic carbocycles. The zero-order valence-electron chi connectivity index (χ0n) is 21.1. The number of anilines is 1. The second kappa shape index (κ2) is 10.8. The molecule has 5 rings (SSSR count). The molecule has 4 N–H and O–H groups in total. The van der Waals surface area contributed by atoms with E-state index in [0.29, 0.717) is 22.8 Å². The molecule has 7 nitrogen and oxygen atoms in total. The Hall–Kier alpha value is -4.23. The van der Waals surface area contributed by atoms with Gasteiger partial charge >= 0.3 is 0 Å². The maximum absolute atomic E-state index is 8.97. The first-order valence-electron chi connectivity index (χ1n) is 12.6. The van der Waals surface area contributed by atoms with Crippen LogP contribution in [0.2, 0.25) is 0 Å². The molecule has 1 aliphatic rings. The highest BCUT2D eigenvalue weighted by molar-refractivity contribution is 6.14. The Morgan fingerprint density at radius 1 is 1.22 bits per heavy atom. The Kier molecular flexibility index (Phi) is 7.14. The summed E-state index contributed by atoms with van der Waals surface area (Å²) in [5.41, 5.74) is 13.8. The Morgan fingerprint density at radius 2 is 2.05 bits per heavy atom. The lowest BCUT2D eigenvalue weighted by Gasteiger charge is -2.26. The maximum atomic E-state index is 8.97. The molecule has 0 amide bonds. The highest BCUT2D eigenvalue weighted by atomic mass is 16.3. The Balaban J connectivity index is 1.46. The maximum Gasteiger partial charge on any atom is 0.114 e. The molecule has 0 aliphatic carbocycles. The molecule has 37 heavy (non-hydrogen) atoms. The number of rotatable bonds is 8. The molecule has 1 saturated heterocycles. The number of pyridine rings is 1. The zero-order chi connectivity index (χ0) is 25.8. The van der Waals surface area contributed by atoms with Crippen molar-refractivity contribution in [2.45, 2.75) is 26.2 Å². The van der Waals surface area contributed by atoms with Crippen LogP contribution in [0.25, 0.3) is 27.6 Å². The lowest BCUT2D eigenvalue weighted by Crippen LogP contribution is -2.31. The SMILES string of the molecule is C=N/C=C(\C=C(/C)CN1CCCCC1)c1ccc(N)c(C(=N)c2cc3c(-c4ccoc4)cccc3[nH]2)n1. The summed E-state index contributed by atoms with van der Waals surface area (Å²) < 4.78 is 5.28. The van der Waals surface area contributed by atoms with E-state index in [-0.39, 0.29) is 5.71 Å². The Labute approximate surface area is 216 Å². The van der Waals surface area contributed by atoms with Crippen molar-refractivity contribution in [2.24, 2.45) is 4.99 Å². The first-order valence-corrected chi connectivity index (χ1v) is 12.6. The molecule has 0 radical (unpaired) electrons. The van der Waals surface area contributed by atoms with Gasteiger partial charge in [0.05, 0.1) is 29.6 Å². The van der Waals surface area contributed by atoms with Crippen LogP contribution in [0.4, 0.5) is 5.69 Å². The minimum Gasteiger partial charge on any atom is -0.472 e. The molecular weight excluding hydrogens is 460 g/mol. The minimum absolute atomic E-state index is 0.230. The third kappa shape index (κ3) is 5.32. The first-order chi connectivity index (χ1) is 18.0. The quantitative estimate of drug-likeness (QED) is 0.198. The summed E-state index contributed by atoms with van der Waals surface area (Å²) in [5, 5.41) is 9.98. The number of allylic oxidation sites excluding steroid dienone is 2. The van der Waals surface area contributed by atoms with E-state index in [1.54, 1.807) is 24.8 Å². The second-order valence-corrected chi connectivity index (χ2v) is 9.57. The summed E-state index contributed by atoms with van der Waals surface area (Å²) in [6, 6.07) is 13.6. The molecule has 188 valence electrons. The van der Waals surface area contributed by atoms with E-state index in [2.05, 4.69) is 34.6 Å². The van der Waals surface area contributed by atoms with Crippen LogP contribution in [0.15, 0.2) is 82.2 Å². The van der Waals surface area contributed by atoms with Crippen LogP contribution in [0, 0.1) is 5.41 Å². The van der Waals surface area contributed by atoms with Crippen molar-refractivity contribution in [1.29, 1.82) is 5.41 Å². The number of likely N-dealkylation sites (tertiary alicyclic amines) is 1. The molecule has 0 unspecified atom stereocenters. The summed E-state index contributed by atoms with van der Waals surface area (Å²) in [4.78, 5) is 14.7. The number of nitrogens with one attached hydrogen (secondary N) is 2. The van der Waals surface area contributed by atoms with Gasteiger partial charge in [0.25, 0.3) is 0 Å². The summed E-state index contributed by atoms with van der Waals surface area (Å²) >= 11 is 0. The largest absolute Gasteiger partial charge is 0.472 e. The van der Waals surface area contributed by atoms with Gasteiger partial charge in [-0.05, 0) is 75.5 Å². The van der Waals surface area contributed by atoms with E-state index in [4.69, 9.17) is 20.5 Å². The van der Waals surface area contributed by atoms with E-state index in [1.807, 2.05) is 36.4 Å². The summed E-state index contributed by atoms with van der Waals surface area (Å²) in [6.45, 7) is 8.98. The van der Waals surface area contributed by atoms with Crippen molar-refractivity contribution >= 4 is 34.6 Å². The monoisotopic (exact) mass is 492 g/mol. The summed E-state index contributed by atoms with van der Waals surface area (Å²) in [7, 11) is 0. The van der Waals surface area contributed by atoms with Gasteiger partial charge in [-0.1, -0.05) is 30.2 Å². The molecule has 0 spiro atoms. The van der Waals surface area contributed by atoms with Gasteiger partial charge < -0.3 is 15.1 Å². The molecule has 0 bridgehead atoms. The van der Waals surface area contributed by atoms with Gasteiger partial charge in [0.2, 0.25) is 0 Å². The number of H-pyrrole nitrogens is 1. The van der Waals surface area contributed by atoms with Crippen LogP contribution >= 0.6 is 0 Å². The molecule has 0 saturated carbocycles. The van der Waals surface area contributed by atoms with E-state index in [1.165, 1.54) is 24.8 Å². The highest BCUT2D eigenvalue weighted by Crippen LogP contribution is 2.31. The number of benzene rings is 1. The lowest BCUT2D eigenvalue weighted by atomic mass is 10.0. The highest BCUT2D eigenvalue weighted by Gasteiger charge is 2.17. The van der Waals surface area contributed by atoms with Crippen molar-refractivity contribution in [3.05, 3.63) is 89.9 Å². The van der Waals surface area contributed by atoms with E-state index in [0.717, 1.165) is 47.2 Å². The zero-order valence-corrected chi connectivity index (χ0v) is 21.1. The molecule has 4 heterocycles. The predicted octanol–water partition coefficient (Wildman–Crippen LogP) is 6.29. The fourth-order valence-electron chi connectivity index (χ4n) is 4.97. The summed E-state index contributed by atoms with van der Waals surface area (Å²) in [5.74, 6) is 0. The number of aromatic nitrogens is 2. The fraction of sp³-hybridized carbons (Fsp3) is 0.233. The number of aromatic amines is 1. The van der Waals surface area contributed by atoms with Crippen molar-refractivity contribution in [1.82, 2.24) is 14.9 Å². The van der Waals surface area contributed by atoms with Crippen molar-refractivity contribution in [3.8, 4) is 11.1 Å². The van der Waals surface area contributed by atoms with Gasteiger partial charge in [-0.25, -0.2) is 4.98 Å². The second-order valence-electron chi connectivity index (χ2n) is 9.57. The molecule has 1 fully saturated rings. The predicted molar refractivity (Wildman–Crippen MR) is 152 cm³/mol. The third-order valence-electron chi connectivity index (χ3n) is 6.78. The number of piperidine rings is 1. The van der Waals surface area contributed by atoms with Crippen molar-refractivity contribution in [2.75, 3.05) is 25.4 Å². The van der Waals surface area contributed by atoms with Gasteiger partial charge in [-0.15, -0.1) is 0 Å². The van der Waals surface area contributed by atoms with E-state index >= 15 is 0 Å². The standard InChI is InChI=1S/C30H32N6O/c1-20(18-36-12-4-3-5-13-36)15-22(17-33-2)26-10-9-25(31)30(35-26)29(32)28-16-24-23(21-11-14-37-19-21)7-6-8-27(24)34-28/h6-11,14-17,19,32,34H,2-5,12-13,18,31H2,1H3/b20-15+,22-17+,32-29?. The Morgan fingerprint density at radius 3 is 2.81 bits per heavy atom. The average molecular weight is 493 g/mol. The van der Waals surface area contributed by atoms with Crippen LogP contribution in [0.1, 0.15) is 43.3 Å². The number of fused-ring (bicyclic) bond motifs is 1. The number of hydrogen-bond donors (Lipinski definition) is 3. The number of aliphatic imine (C=N–C) groups is 1. The molecule has 4 aromatic rings. The number of hydrogen-bond acceptors (Lipinski definition) is 6. The topological polar surface area (TPSA) is 107 Å². The van der Waals surface area contributed by atoms with E-state index < -0.39 is 0 Å². The molecule has 1 aliphatic heterocycles. The molecular formula is C30H32N6O. The Bertz CT molecular complexity index is 1490. The third-order valence-corrected chi connectivity index (χ3v) is 6.78. The number of nitrogen functional groups attached to an aromatic ring is 1. The van der Waals surface area contributed by atoms with Crippen molar-refractivity contribution in [3.63, 3.8) is 0 Å². The van der Waals surface area contributed by atoms with Crippen LogP contribution < -0.4 is 5.73 Å². The minimum atomic E-state index is 0.230. The normalized spacial score (nSPS) is 15.3. The first kappa shape index (κ1) is 24.5. The van der Waals surface area contributed by atoms with Gasteiger partial charge in [-0.2, -0.15) is 0 Å².